The Kier molecular flexibility index (Phi) is 4.95. The Bertz CT molecular complexity index is 1160. The first-order valence-corrected chi connectivity index (χ1v) is 9.86. The summed E-state index contributed by atoms with van der Waals surface area (Å²) >= 11 is 0. The standard InChI is InChI=1S/C23H20F2N2O4/c1-23(2)11-19-22(20(28)12-23)16(13-4-3-5-15(8-13)27(30)31)10-21(29)26(19)18-7-6-14(24)9-17(18)25/h3-9,16H,10-12H2,1-2H3/t16-/m0/s1. The van der Waals surface area contributed by atoms with Gasteiger partial charge in [-0.3, -0.25) is 24.6 Å². The highest BCUT2D eigenvalue weighted by Crippen LogP contribution is 2.48. The highest BCUT2D eigenvalue weighted by Gasteiger charge is 2.45. The van der Waals surface area contributed by atoms with Crippen LogP contribution in [0.15, 0.2) is 53.7 Å². The van der Waals surface area contributed by atoms with Crippen molar-refractivity contribution in [3.8, 4) is 0 Å². The van der Waals surface area contributed by atoms with Gasteiger partial charge in [0.25, 0.3) is 5.69 Å². The van der Waals surface area contributed by atoms with Gasteiger partial charge in [0.2, 0.25) is 5.91 Å². The Balaban J connectivity index is 1.92. The number of nitro groups is 1. The van der Waals surface area contributed by atoms with Gasteiger partial charge in [0.05, 0.1) is 10.6 Å². The number of nitrogens with zero attached hydrogens (tertiary/aromatic N) is 2. The molecule has 0 saturated carbocycles. The normalized spacial score (nSPS) is 20.6. The summed E-state index contributed by atoms with van der Waals surface area (Å²) in [4.78, 5) is 38.2. The highest BCUT2D eigenvalue weighted by molar-refractivity contribution is 6.07. The molecule has 6 nitrogen and oxygen atoms in total. The summed E-state index contributed by atoms with van der Waals surface area (Å²) in [6.45, 7) is 3.77. The van der Waals surface area contributed by atoms with Gasteiger partial charge in [-0.05, 0) is 29.5 Å². The second-order valence-corrected chi connectivity index (χ2v) is 8.74. The number of ketones is 1. The molecule has 0 unspecified atom stereocenters. The predicted molar refractivity (Wildman–Crippen MR) is 109 cm³/mol. The van der Waals surface area contributed by atoms with Gasteiger partial charge in [-0.15, -0.1) is 0 Å². The number of anilines is 1. The number of Topliss-reactive ketones (excluding diaryl/α,β-unsaturated/α-hetero) is 1. The monoisotopic (exact) mass is 426 g/mol. The summed E-state index contributed by atoms with van der Waals surface area (Å²) in [7, 11) is 0. The van der Waals surface area contributed by atoms with Crippen molar-refractivity contribution in [2.24, 2.45) is 5.41 Å². The molecule has 2 aliphatic rings. The third-order valence-electron chi connectivity index (χ3n) is 5.78. The molecular formula is C23H20F2N2O4. The van der Waals surface area contributed by atoms with Crippen molar-refractivity contribution in [2.75, 3.05) is 4.90 Å². The van der Waals surface area contributed by atoms with Crippen LogP contribution < -0.4 is 4.90 Å². The number of benzene rings is 2. The Morgan fingerprint density at radius 3 is 2.52 bits per heavy atom. The average Bonchev–Trinajstić information content (AvgIpc) is 2.67. The first-order valence-electron chi connectivity index (χ1n) is 9.86. The van der Waals surface area contributed by atoms with Crippen molar-refractivity contribution in [3.63, 3.8) is 0 Å². The molecule has 1 heterocycles. The topological polar surface area (TPSA) is 80.5 Å². The van der Waals surface area contributed by atoms with Crippen LogP contribution in [0.3, 0.4) is 0 Å². The summed E-state index contributed by atoms with van der Waals surface area (Å²) in [5.74, 6) is -2.96. The van der Waals surface area contributed by atoms with Crippen LogP contribution in [-0.4, -0.2) is 16.6 Å². The number of carbonyl (C=O) groups is 2. The number of hydrogen-bond acceptors (Lipinski definition) is 4. The van der Waals surface area contributed by atoms with E-state index in [1.54, 1.807) is 6.07 Å². The number of non-ortho nitro benzene ring substituents is 1. The summed E-state index contributed by atoms with van der Waals surface area (Å²) in [5, 5.41) is 11.2. The third kappa shape index (κ3) is 3.73. The quantitative estimate of drug-likeness (QED) is 0.509. The first kappa shape index (κ1) is 20.8. The van der Waals surface area contributed by atoms with Gasteiger partial charge >= 0.3 is 0 Å². The fraction of sp³-hybridized carbons (Fsp3) is 0.304. The molecule has 2 aromatic rings. The van der Waals surface area contributed by atoms with E-state index in [1.807, 2.05) is 13.8 Å². The molecule has 1 aliphatic carbocycles. The van der Waals surface area contributed by atoms with Gasteiger partial charge in [0.15, 0.2) is 5.78 Å². The van der Waals surface area contributed by atoms with Crippen molar-refractivity contribution in [3.05, 3.63) is 81.0 Å². The number of allylic oxidation sites excluding steroid dienone is 2. The third-order valence-corrected chi connectivity index (χ3v) is 5.78. The van der Waals surface area contributed by atoms with Crippen molar-refractivity contribution in [2.45, 2.75) is 39.0 Å². The smallest absolute Gasteiger partial charge is 0.269 e. The molecule has 0 fully saturated rings. The van der Waals surface area contributed by atoms with Crippen molar-refractivity contribution < 1.29 is 23.3 Å². The van der Waals surface area contributed by atoms with E-state index < -0.39 is 33.8 Å². The second-order valence-electron chi connectivity index (χ2n) is 8.74. The van der Waals surface area contributed by atoms with E-state index in [1.165, 1.54) is 29.2 Å². The lowest BCUT2D eigenvalue weighted by atomic mass is 9.69. The van der Waals surface area contributed by atoms with Gasteiger partial charge in [-0.1, -0.05) is 26.0 Å². The zero-order chi connectivity index (χ0) is 22.5. The summed E-state index contributed by atoms with van der Waals surface area (Å²) in [5.41, 5.74) is 0.518. The van der Waals surface area contributed by atoms with Crippen molar-refractivity contribution >= 4 is 23.1 Å². The van der Waals surface area contributed by atoms with Crippen LogP contribution in [0.4, 0.5) is 20.2 Å². The molecule has 8 heteroatoms. The van der Waals surface area contributed by atoms with Crippen LogP contribution in [0.25, 0.3) is 0 Å². The van der Waals surface area contributed by atoms with Crippen LogP contribution in [0.5, 0.6) is 0 Å². The molecule has 0 radical (unpaired) electrons. The maximum Gasteiger partial charge on any atom is 0.269 e. The number of amides is 1. The second kappa shape index (κ2) is 7.37. The van der Waals surface area contributed by atoms with E-state index in [9.17, 15) is 28.5 Å². The number of nitro benzene ring substituents is 1. The maximum atomic E-state index is 14.6. The van der Waals surface area contributed by atoms with Crippen LogP contribution in [0.2, 0.25) is 0 Å². The lowest BCUT2D eigenvalue weighted by Crippen LogP contribution is -2.44. The minimum absolute atomic E-state index is 0.109. The van der Waals surface area contributed by atoms with Crippen LogP contribution in [0.1, 0.15) is 44.6 Å². The highest BCUT2D eigenvalue weighted by atomic mass is 19.1. The molecule has 0 N–H and O–H groups in total. The van der Waals surface area contributed by atoms with E-state index in [0.717, 1.165) is 6.07 Å². The molecule has 4 rings (SSSR count). The van der Waals surface area contributed by atoms with Gasteiger partial charge in [-0.25, -0.2) is 8.78 Å². The minimum atomic E-state index is -0.898. The maximum absolute atomic E-state index is 14.6. The largest absolute Gasteiger partial charge is 0.294 e. The molecule has 0 spiro atoms. The van der Waals surface area contributed by atoms with Gasteiger partial charge in [-0.2, -0.15) is 0 Å². The molecule has 160 valence electrons. The average molecular weight is 426 g/mol. The molecule has 1 amide bonds. The van der Waals surface area contributed by atoms with E-state index in [4.69, 9.17) is 0 Å². The number of rotatable bonds is 3. The Morgan fingerprint density at radius 1 is 1.10 bits per heavy atom. The summed E-state index contributed by atoms with van der Waals surface area (Å²) in [6.07, 6.45) is 0.427. The van der Waals surface area contributed by atoms with Gasteiger partial charge in [0.1, 0.15) is 11.6 Å². The molecular weight excluding hydrogens is 406 g/mol. The van der Waals surface area contributed by atoms with Crippen molar-refractivity contribution in [1.29, 1.82) is 0 Å². The molecule has 0 bridgehead atoms. The van der Waals surface area contributed by atoms with Crippen LogP contribution in [0, 0.1) is 27.2 Å². The Hall–Kier alpha value is -3.42. The number of hydrogen-bond donors (Lipinski definition) is 0. The molecule has 2 aromatic carbocycles. The van der Waals surface area contributed by atoms with E-state index >= 15 is 0 Å². The Morgan fingerprint density at radius 2 is 1.84 bits per heavy atom. The fourth-order valence-corrected chi connectivity index (χ4v) is 4.50. The SMILES string of the molecule is CC1(C)CC(=O)C2=C(C1)N(c1ccc(F)cc1F)C(=O)C[C@H]2c1cccc([N+](=O)[O-])c1. The van der Waals surface area contributed by atoms with Crippen LogP contribution in [-0.2, 0) is 9.59 Å². The van der Waals surface area contributed by atoms with Gasteiger partial charge in [0, 0.05) is 48.2 Å². The predicted octanol–water partition coefficient (Wildman–Crippen LogP) is 5.04. The minimum Gasteiger partial charge on any atom is -0.294 e. The van der Waals surface area contributed by atoms with E-state index in [-0.39, 0.29) is 30.0 Å². The summed E-state index contributed by atoms with van der Waals surface area (Å²) in [6, 6.07) is 8.82. The zero-order valence-corrected chi connectivity index (χ0v) is 17.0. The summed E-state index contributed by atoms with van der Waals surface area (Å²) < 4.78 is 28.1. The molecule has 1 aliphatic heterocycles. The van der Waals surface area contributed by atoms with Crippen molar-refractivity contribution in [1.82, 2.24) is 0 Å². The lowest BCUT2D eigenvalue weighted by Gasteiger charge is -2.43. The number of halogens is 2. The number of carbonyl (C=O) groups excluding carboxylic acids is 2. The van der Waals surface area contributed by atoms with E-state index in [2.05, 4.69) is 0 Å². The van der Waals surface area contributed by atoms with E-state index in [0.29, 0.717) is 29.3 Å². The van der Waals surface area contributed by atoms with Gasteiger partial charge < -0.3 is 0 Å². The molecule has 1 atom stereocenters. The molecule has 0 saturated heterocycles. The fourth-order valence-electron chi connectivity index (χ4n) is 4.50. The first-order chi connectivity index (χ1) is 14.6. The van der Waals surface area contributed by atoms with Crippen LogP contribution >= 0.6 is 0 Å². The molecule has 31 heavy (non-hydrogen) atoms. The Labute approximate surface area is 177 Å². The zero-order valence-electron chi connectivity index (χ0n) is 17.0. The molecule has 0 aromatic heterocycles. The lowest BCUT2D eigenvalue weighted by molar-refractivity contribution is -0.384.